The Hall–Kier alpha value is -3.23. The summed E-state index contributed by atoms with van der Waals surface area (Å²) in [4.78, 5) is 35.0. The molecule has 9 heteroatoms. The first kappa shape index (κ1) is 20.5. The normalized spacial score (nSPS) is 10.3. The highest BCUT2D eigenvalue weighted by atomic mass is 79.9. The van der Waals surface area contributed by atoms with Gasteiger partial charge in [-0.1, -0.05) is 17.7 Å². The van der Waals surface area contributed by atoms with Crippen LogP contribution in [0.5, 0.6) is 0 Å². The number of hydrogen-bond donors (Lipinski definition) is 2. The first-order chi connectivity index (χ1) is 13.8. The Morgan fingerprint density at radius 2 is 1.52 bits per heavy atom. The second-order valence-electron chi connectivity index (χ2n) is 5.92. The predicted molar refractivity (Wildman–Crippen MR) is 115 cm³/mol. The summed E-state index contributed by atoms with van der Waals surface area (Å²) < 4.78 is 0.436. The van der Waals surface area contributed by atoms with Gasteiger partial charge in [-0.15, -0.1) is 0 Å². The van der Waals surface area contributed by atoms with E-state index < -0.39 is 10.8 Å². The SMILES string of the molecule is O=C(Nc1ccc(NC(=O)c2cc([N+](=O)[O-])ccc2Br)cc1)c1cccc(Cl)c1. The standard InChI is InChI=1S/C20H13BrClN3O4/c21-18-9-8-16(25(28)29)11-17(18)20(27)24-15-6-4-14(5-7-15)23-19(26)12-2-1-3-13(22)10-12/h1-11H,(H,23,26)(H,24,27). The topological polar surface area (TPSA) is 101 Å². The maximum Gasteiger partial charge on any atom is 0.270 e. The first-order valence-corrected chi connectivity index (χ1v) is 9.43. The molecule has 7 nitrogen and oxygen atoms in total. The average molecular weight is 475 g/mol. The van der Waals surface area contributed by atoms with Crippen molar-refractivity contribution in [1.29, 1.82) is 0 Å². The fourth-order valence-electron chi connectivity index (χ4n) is 2.47. The van der Waals surface area contributed by atoms with E-state index >= 15 is 0 Å². The molecular formula is C20H13BrClN3O4. The molecule has 3 rings (SSSR count). The van der Waals surface area contributed by atoms with Crippen molar-refractivity contribution in [3.8, 4) is 0 Å². The molecule has 0 aliphatic heterocycles. The number of non-ortho nitro benzene ring substituents is 1. The molecule has 0 saturated carbocycles. The Bertz CT molecular complexity index is 1100. The number of nitro benzene ring substituents is 1. The molecule has 0 spiro atoms. The molecule has 146 valence electrons. The molecule has 0 radical (unpaired) electrons. The van der Waals surface area contributed by atoms with E-state index in [1.165, 1.54) is 18.2 Å². The minimum atomic E-state index is -0.569. The molecule has 0 bridgehead atoms. The Labute approximate surface area is 179 Å². The Morgan fingerprint density at radius 3 is 2.10 bits per heavy atom. The number of anilines is 2. The van der Waals surface area contributed by atoms with Gasteiger partial charge in [0.1, 0.15) is 0 Å². The first-order valence-electron chi connectivity index (χ1n) is 8.26. The van der Waals surface area contributed by atoms with Crippen molar-refractivity contribution < 1.29 is 14.5 Å². The average Bonchev–Trinajstić information content (AvgIpc) is 2.69. The smallest absolute Gasteiger partial charge is 0.270 e. The zero-order valence-electron chi connectivity index (χ0n) is 14.7. The van der Waals surface area contributed by atoms with Crippen molar-refractivity contribution in [3.05, 3.63) is 97.5 Å². The summed E-state index contributed by atoms with van der Waals surface area (Å²) in [6, 6.07) is 17.0. The summed E-state index contributed by atoms with van der Waals surface area (Å²) in [5.41, 5.74) is 1.37. The van der Waals surface area contributed by atoms with Gasteiger partial charge >= 0.3 is 0 Å². The van der Waals surface area contributed by atoms with Gasteiger partial charge in [-0.3, -0.25) is 19.7 Å². The molecule has 0 unspecified atom stereocenters. The number of hydrogen-bond acceptors (Lipinski definition) is 4. The monoisotopic (exact) mass is 473 g/mol. The lowest BCUT2D eigenvalue weighted by atomic mass is 10.1. The third kappa shape index (κ3) is 5.18. The zero-order valence-corrected chi connectivity index (χ0v) is 17.0. The van der Waals surface area contributed by atoms with E-state index in [-0.39, 0.29) is 17.2 Å². The molecule has 2 amide bonds. The molecule has 3 aromatic rings. The van der Waals surface area contributed by atoms with Gasteiger partial charge in [-0.05, 0) is 64.5 Å². The summed E-state index contributed by atoms with van der Waals surface area (Å²) in [5.74, 6) is -0.818. The highest BCUT2D eigenvalue weighted by Crippen LogP contribution is 2.24. The number of benzene rings is 3. The van der Waals surface area contributed by atoms with Crippen molar-refractivity contribution in [2.24, 2.45) is 0 Å². The number of nitro groups is 1. The molecule has 0 fully saturated rings. The van der Waals surface area contributed by atoms with Gasteiger partial charge < -0.3 is 10.6 Å². The maximum atomic E-state index is 12.4. The van der Waals surface area contributed by atoms with Crippen LogP contribution in [-0.2, 0) is 0 Å². The van der Waals surface area contributed by atoms with Crippen molar-refractivity contribution in [3.63, 3.8) is 0 Å². The highest BCUT2D eigenvalue weighted by molar-refractivity contribution is 9.10. The third-order valence-electron chi connectivity index (χ3n) is 3.89. The minimum Gasteiger partial charge on any atom is -0.322 e. The van der Waals surface area contributed by atoms with Crippen LogP contribution in [0.1, 0.15) is 20.7 Å². The van der Waals surface area contributed by atoms with Crippen LogP contribution in [0, 0.1) is 10.1 Å². The largest absolute Gasteiger partial charge is 0.322 e. The van der Waals surface area contributed by atoms with Crippen LogP contribution in [0.15, 0.2) is 71.2 Å². The van der Waals surface area contributed by atoms with E-state index in [1.54, 1.807) is 48.5 Å². The lowest BCUT2D eigenvalue weighted by molar-refractivity contribution is -0.384. The molecule has 0 heterocycles. The van der Waals surface area contributed by atoms with Crippen molar-refractivity contribution >= 4 is 56.4 Å². The summed E-state index contributed by atoms with van der Waals surface area (Å²) in [6.45, 7) is 0. The number of nitrogens with zero attached hydrogens (tertiary/aromatic N) is 1. The molecule has 3 aromatic carbocycles. The molecule has 29 heavy (non-hydrogen) atoms. The fraction of sp³-hybridized carbons (Fsp3) is 0. The van der Waals surface area contributed by atoms with E-state index in [4.69, 9.17) is 11.6 Å². The molecule has 2 N–H and O–H groups in total. The van der Waals surface area contributed by atoms with E-state index in [1.807, 2.05) is 0 Å². The number of amides is 2. The Balaban J connectivity index is 1.69. The number of nitrogens with one attached hydrogen (secondary N) is 2. The van der Waals surface area contributed by atoms with Gasteiger partial charge in [0.25, 0.3) is 17.5 Å². The molecular weight excluding hydrogens is 462 g/mol. The fourth-order valence-corrected chi connectivity index (χ4v) is 3.09. The highest BCUT2D eigenvalue weighted by Gasteiger charge is 2.16. The van der Waals surface area contributed by atoms with Crippen LogP contribution in [-0.4, -0.2) is 16.7 Å². The number of carbonyl (C=O) groups is 2. The van der Waals surface area contributed by atoms with Crippen LogP contribution in [0.25, 0.3) is 0 Å². The number of rotatable bonds is 5. The Kier molecular flexibility index (Phi) is 6.26. The second-order valence-corrected chi connectivity index (χ2v) is 7.21. The van der Waals surface area contributed by atoms with Crippen molar-refractivity contribution in [1.82, 2.24) is 0 Å². The third-order valence-corrected chi connectivity index (χ3v) is 4.82. The van der Waals surface area contributed by atoms with Crippen LogP contribution in [0.2, 0.25) is 5.02 Å². The maximum absolute atomic E-state index is 12.4. The van der Waals surface area contributed by atoms with Gasteiger partial charge in [-0.2, -0.15) is 0 Å². The van der Waals surface area contributed by atoms with Crippen LogP contribution in [0.3, 0.4) is 0 Å². The molecule has 0 aliphatic rings. The van der Waals surface area contributed by atoms with Crippen molar-refractivity contribution in [2.75, 3.05) is 10.6 Å². The van der Waals surface area contributed by atoms with Crippen molar-refractivity contribution in [2.45, 2.75) is 0 Å². The second kappa shape index (κ2) is 8.85. The Morgan fingerprint density at radius 1 is 0.897 bits per heavy atom. The minimum absolute atomic E-state index is 0.137. The lowest BCUT2D eigenvalue weighted by Gasteiger charge is -2.09. The predicted octanol–water partition coefficient (Wildman–Crippen LogP) is 5.52. The molecule has 0 aliphatic carbocycles. The molecule has 0 aromatic heterocycles. The lowest BCUT2D eigenvalue weighted by Crippen LogP contribution is -2.14. The number of carbonyl (C=O) groups excluding carboxylic acids is 2. The van der Waals surface area contributed by atoms with E-state index in [2.05, 4.69) is 26.6 Å². The van der Waals surface area contributed by atoms with Gasteiger partial charge in [-0.25, -0.2) is 0 Å². The van der Waals surface area contributed by atoms with Gasteiger partial charge in [0.2, 0.25) is 0 Å². The summed E-state index contributed by atoms with van der Waals surface area (Å²) in [6.07, 6.45) is 0. The molecule has 0 saturated heterocycles. The van der Waals surface area contributed by atoms with Crippen LogP contribution >= 0.6 is 27.5 Å². The quantitative estimate of drug-likeness (QED) is 0.376. The van der Waals surface area contributed by atoms with Gasteiger partial charge in [0, 0.05) is 38.6 Å². The number of halogens is 2. The summed E-state index contributed by atoms with van der Waals surface area (Å²) >= 11 is 9.11. The van der Waals surface area contributed by atoms with E-state index in [0.29, 0.717) is 26.4 Å². The summed E-state index contributed by atoms with van der Waals surface area (Å²) in [7, 11) is 0. The zero-order chi connectivity index (χ0) is 21.0. The van der Waals surface area contributed by atoms with Gasteiger partial charge in [0.15, 0.2) is 0 Å². The van der Waals surface area contributed by atoms with Gasteiger partial charge in [0.05, 0.1) is 10.5 Å². The van der Waals surface area contributed by atoms with Crippen LogP contribution < -0.4 is 10.6 Å². The van der Waals surface area contributed by atoms with Crippen LogP contribution in [0.4, 0.5) is 17.1 Å². The van der Waals surface area contributed by atoms with E-state index in [0.717, 1.165) is 0 Å². The van der Waals surface area contributed by atoms with E-state index in [9.17, 15) is 19.7 Å². The summed E-state index contributed by atoms with van der Waals surface area (Å²) in [5, 5.41) is 16.8. The molecule has 0 atom stereocenters.